The minimum atomic E-state index is -0.751. The highest BCUT2D eigenvalue weighted by Crippen LogP contribution is 2.30. The van der Waals surface area contributed by atoms with E-state index in [4.69, 9.17) is 17.3 Å². The van der Waals surface area contributed by atoms with E-state index in [9.17, 15) is 8.78 Å². The van der Waals surface area contributed by atoms with Crippen molar-refractivity contribution in [3.63, 3.8) is 0 Å². The Balaban J connectivity index is 2.35. The molecule has 1 heterocycles. The number of nitrogens with zero attached hydrogens (tertiary/aromatic N) is 2. The van der Waals surface area contributed by atoms with Gasteiger partial charge in [-0.15, -0.1) is 0 Å². The molecule has 3 nitrogen and oxygen atoms in total. The molecule has 3 aromatic rings. The van der Waals surface area contributed by atoms with E-state index in [2.05, 4.69) is 20.9 Å². The molecule has 0 amide bonds. The van der Waals surface area contributed by atoms with Gasteiger partial charge < -0.3 is 5.73 Å². The number of hydrogen-bond acceptors (Lipinski definition) is 2. The summed E-state index contributed by atoms with van der Waals surface area (Å²) in [5.41, 5.74) is 6.69. The van der Waals surface area contributed by atoms with Gasteiger partial charge in [0.25, 0.3) is 0 Å². The molecule has 0 bridgehead atoms. The first kappa shape index (κ1) is 13.3. The molecule has 0 aliphatic heterocycles. The van der Waals surface area contributed by atoms with E-state index in [1.807, 2.05) is 0 Å². The van der Waals surface area contributed by atoms with Crippen molar-refractivity contribution < 1.29 is 8.78 Å². The van der Waals surface area contributed by atoms with Crippen molar-refractivity contribution in [2.45, 2.75) is 0 Å². The second kappa shape index (κ2) is 4.71. The number of nitrogen functional groups attached to an aromatic ring is 1. The average molecular weight is 359 g/mol. The maximum Gasteiger partial charge on any atom is 0.206 e. The molecule has 0 aliphatic carbocycles. The fourth-order valence-electron chi connectivity index (χ4n) is 2.02. The van der Waals surface area contributed by atoms with Gasteiger partial charge in [0.05, 0.1) is 16.2 Å². The molecule has 0 radical (unpaired) electrons. The van der Waals surface area contributed by atoms with Crippen LogP contribution in [0.1, 0.15) is 0 Å². The highest BCUT2D eigenvalue weighted by molar-refractivity contribution is 9.10. The van der Waals surface area contributed by atoms with Crippen LogP contribution in [-0.4, -0.2) is 9.55 Å². The lowest BCUT2D eigenvalue weighted by Gasteiger charge is -2.08. The van der Waals surface area contributed by atoms with Crippen molar-refractivity contribution in [2.75, 3.05) is 5.73 Å². The van der Waals surface area contributed by atoms with Crippen LogP contribution in [0.4, 0.5) is 14.7 Å². The van der Waals surface area contributed by atoms with Crippen molar-refractivity contribution in [3.05, 3.63) is 51.5 Å². The number of halogens is 4. The van der Waals surface area contributed by atoms with E-state index >= 15 is 0 Å². The Bertz CT molecular complexity index is 832. The molecule has 1 aromatic heterocycles. The Hall–Kier alpha value is -1.66. The molecular weight excluding hydrogens is 352 g/mol. The summed E-state index contributed by atoms with van der Waals surface area (Å²) in [6.07, 6.45) is 0. The second-order valence-corrected chi connectivity index (χ2v) is 5.42. The van der Waals surface area contributed by atoms with Crippen LogP contribution in [0.3, 0.4) is 0 Å². The zero-order chi connectivity index (χ0) is 14.4. The van der Waals surface area contributed by atoms with Gasteiger partial charge in [0.1, 0.15) is 11.3 Å². The predicted molar refractivity (Wildman–Crippen MR) is 78.1 cm³/mol. The monoisotopic (exact) mass is 357 g/mol. The summed E-state index contributed by atoms with van der Waals surface area (Å²) in [7, 11) is 0. The van der Waals surface area contributed by atoms with E-state index in [1.165, 1.54) is 10.6 Å². The molecule has 0 fully saturated rings. The summed E-state index contributed by atoms with van der Waals surface area (Å²) in [4.78, 5) is 3.93. The van der Waals surface area contributed by atoms with Gasteiger partial charge in [-0.05, 0) is 34.1 Å². The minimum Gasteiger partial charge on any atom is -0.369 e. The van der Waals surface area contributed by atoms with Crippen LogP contribution in [0.15, 0.2) is 34.8 Å². The third-order valence-corrected chi connectivity index (χ3v) is 4.08. The average Bonchev–Trinajstić information content (AvgIpc) is 2.70. The summed E-state index contributed by atoms with van der Waals surface area (Å²) >= 11 is 9.22. The van der Waals surface area contributed by atoms with E-state index in [0.29, 0.717) is 15.2 Å². The molecule has 102 valence electrons. The zero-order valence-corrected chi connectivity index (χ0v) is 12.2. The fourth-order valence-corrected chi connectivity index (χ4v) is 2.50. The maximum atomic E-state index is 13.7. The van der Waals surface area contributed by atoms with Gasteiger partial charge in [0, 0.05) is 16.6 Å². The summed E-state index contributed by atoms with van der Waals surface area (Å²) in [6.45, 7) is 0. The van der Waals surface area contributed by atoms with Crippen molar-refractivity contribution >= 4 is 44.5 Å². The lowest BCUT2D eigenvalue weighted by atomic mass is 10.2. The minimum absolute atomic E-state index is 0.0231. The van der Waals surface area contributed by atoms with E-state index in [-0.39, 0.29) is 17.0 Å². The lowest BCUT2D eigenvalue weighted by Crippen LogP contribution is -2.00. The van der Waals surface area contributed by atoms with Gasteiger partial charge in [-0.1, -0.05) is 11.6 Å². The van der Waals surface area contributed by atoms with E-state index < -0.39 is 11.6 Å². The lowest BCUT2D eigenvalue weighted by molar-refractivity contribution is 0.590. The van der Waals surface area contributed by atoms with Crippen LogP contribution < -0.4 is 5.73 Å². The number of nitrogens with two attached hydrogens (primary N) is 1. The molecule has 0 saturated heterocycles. The SMILES string of the molecule is Nc1nc2c(F)cc(F)cc2n1-c1ccc(Cl)c(Br)c1. The molecule has 20 heavy (non-hydrogen) atoms. The molecular formula is C13H7BrClF2N3. The molecule has 2 N–H and O–H groups in total. The van der Waals surface area contributed by atoms with Gasteiger partial charge in [0.15, 0.2) is 5.82 Å². The number of benzene rings is 2. The Morgan fingerprint density at radius 3 is 2.65 bits per heavy atom. The first-order valence-electron chi connectivity index (χ1n) is 5.56. The van der Waals surface area contributed by atoms with Crippen molar-refractivity contribution in [3.8, 4) is 5.69 Å². The standard InChI is InChI=1S/C13H7BrClF2N3/c14-8-5-7(1-2-9(8)15)20-11-4-6(16)3-10(17)12(11)19-13(20)18/h1-5H,(H2,18,19). The summed E-state index contributed by atoms with van der Waals surface area (Å²) in [6, 6.07) is 7.00. The molecule has 3 rings (SSSR count). The Kier molecular flexibility index (Phi) is 3.14. The predicted octanol–water partition coefficient (Wildman–Crippen LogP) is 4.30. The molecule has 0 aliphatic rings. The van der Waals surface area contributed by atoms with Crippen LogP contribution in [0.5, 0.6) is 0 Å². The molecule has 0 unspecified atom stereocenters. The summed E-state index contributed by atoms with van der Waals surface area (Å²) < 4.78 is 29.2. The first-order valence-corrected chi connectivity index (χ1v) is 6.73. The summed E-state index contributed by atoms with van der Waals surface area (Å²) in [5.74, 6) is -1.37. The highest BCUT2D eigenvalue weighted by atomic mass is 79.9. The second-order valence-electron chi connectivity index (χ2n) is 4.16. The van der Waals surface area contributed by atoms with Crippen LogP contribution in [0, 0.1) is 11.6 Å². The number of rotatable bonds is 1. The van der Waals surface area contributed by atoms with Crippen molar-refractivity contribution in [1.29, 1.82) is 0 Å². The van der Waals surface area contributed by atoms with Gasteiger partial charge >= 0.3 is 0 Å². The molecule has 0 saturated carbocycles. The quantitative estimate of drug-likeness (QED) is 0.705. The van der Waals surface area contributed by atoms with Crippen LogP contribution >= 0.6 is 27.5 Å². The van der Waals surface area contributed by atoms with E-state index in [0.717, 1.165) is 6.07 Å². The van der Waals surface area contributed by atoms with E-state index in [1.54, 1.807) is 18.2 Å². The third-order valence-electron chi connectivity index (χ3n) is 2.87. The third kappa shape index (κ3) is 2.05. The number of fused-ring (bicyclic) bond motifs is 1. The van der Waals surface area contributed by atoms with Crippen LogP contribution in [0.2, 0.25) is 5.02 Å². The van der Waals surface area contributed by atoms with Crippen molar-refractivity contribution in [2.24, 2.45) is 0 Å². The molecule has 2 aromatic carbocycles. The number of imidazole rings is 1. The highest BCUT2D eigenvalue weighted by Gasteiger charge is 2.15. The van der Waals surface area contributed by atoms with Crippen molar-refractivity contribution in [1.82, 2.24) is 9.55 Å². The largest absolute Gasteiger partial charge is 0.369 e. The van der Waals surface area contributed by atoms with Crippen LogP contribution in [0.25, 0.3) is 16.7 Å². The fraction of sp³-hybridized carbons (Fsp3) is 0. The molecule has 0 spiro atoms. The maximum absolute atomic E-state index is 13.7. The zero-order valence-electron chi connectivity index (χ0n) is 9.87. The Labute approximate surface area is 126 Å². The number of anilines is 1. The Morgan fingerprint density at radius 1 is 1.20 bits per heavy atom. The number of hydrogen-bond donors (Lipinski definition) is 1. The topological polar surface area (TPSA) is 43.8 Å². The first-order chi connectivity index (χ1) is 9.47. The van der Waals surface area contributed by atoms with Gasteiger partial charge in [0.2, 0.25) is 5.95 Å². The van der Waals surface area contributed by atoms with Gasteiger partial charge in [-0.3, -0.25) is 4.57 Å². The van der Waals surface area contributed by atoms with Gasteiger partial charge in [-0.25, -0.2) is 13.8 Å². The summed E-state index contributed by atoms with van der Waals surface area (Å²) in [5, 5.41) is 0.522. The number of aromatic nitrogens is 2. The smallest absolute Gasteiger partial charge is 0.206 e. The molecule has 7 heteroatoms. The Morgan fingerprint density at radius 2 is 1.95 bits per heavy atom. The normalized spacial score (nSPS) is 11.2. The van der Waals surface area contributed by atoms with Gasteiger partial charge in [-0.2, -0.15) is 0 Å². The van der Waals surface area contributed by atoms with Crippen LogP contribution in [-0.2, 0) is 0 Å². The molecule has 0 atom stereocenters.